The quantitative estimate of drug-likeness (QED) is 0.462. The Bertz CT molecular complexity index is 108. The van der Waals surface area contributed by atoms with E-state index in [1.54, 1.807) is 5.94 Å². The summed E-state index contributed by atoms with van der Waals surface area (Å²) >= 11 is 10.7. The van der Waals surface area contributed by atoms with Gasteiger partial charge in [-0.25, -0.2) is 4.79 Å². The zero-order valence-corrected chi connectivity index (χ0v) is 6.50. The van der Waals surface area contributed by atoms with Crippen LogP contribution < -0.4 is 0 Å². The summed E-state index contributed by atoms with van der Waals surface area (Å²) in [5.41, 5.74) is 0.681. The van der Waals surface area contributed by atoms with Crippen molar-refractivity contribution in [2.75, 3.05) is 11.8 Å². The summed E-state index contributed by atoms with van der Waals surface area (Å²) in [5, 5.41) is 0. The summed E-state index contributed by atoms with van der Waals surface area (Å²) in [7, 11) is 0. The lowest BCUT2D eigenvalue weighted by Gasteiger charge is -1.93. The van der Waals surface area contributed by atoms with Gasteiger partial charge in [-0.15, -0.1) is 23.2 Å². The van der Waals surface area contributed by atoms with Crippen LogP contribution in [0.3, 0.4) is 0 Å². The minimum absolute atomic E-state index is 0.474. The second-order valence-electron chi connectivity index (χ2n) is 1.58. The number of allylic oxidation sites excluding steroid dienone is 1. The van der Waals surface area contributed by atoms with E-state index < -0.39 is 0 Å². The first-order chi connectivity index (χ1) is 4.35. The molecule has 0 aromatic heterocycles. The van der Waals surface area contributed by atoms with E-state index >= 15 is 0 Å². The van der Waals surface area contributed by atoms with Crippen molar-refractivity contribution in [3.8, 4) is 0 Å². The van der Waals surface area contributed by atoms with Crippen molar-refractivity contribution in [1.82, 2.24) is 0 Å². The summed E-state index contributed by atoms with van der Waals surface area (Å²) in [4.78, 5) is 10.0. The maximum Gasteiger partial charge on any atom is 0.123 e. The molecule has 0 spiro atoms. The van der Waals surface area contributed by atoms with Crippen molar-refractivity contribution in [2.45, 2.75) is 12.8 Å². The summed E-state index contributed by atoms with van der Waals surface area (Å²) < 4.78 is 0. The minimum Gasteiger partial charge on any atom is -0.234 e. The first kappa shape index (κ1) is 9.03. The molecule has 0 saturated carbocycles. The highest BCUT2D eigenvalue weighted by Gasteiger charge is 1.94. The molecule has 0 bridgehead atoms. The van der Waals surface area contributed by atoms with E-state index in [4.69, 9.17) is 23.2 Å². The van der Waals surface area contributed by atoms with Crippen LogP contribution in [0.25, 0.3) is 0 Å². The van der Waals surface area contributed by atoms with Gasteiger partial charge in [-0.2, -0.15) is 0 Å². The Kier molecular flexibility index (Phi) is 6.18. The molecule has 0 atom stereocenters. The molecule has 0 aliphatic carbocycles. The smallest absolute Gasteiger partial charge is 0.123 e. The first-order valence-corrected chi connectivity index (χ1v) is 3.76. The number of hydrogen-bond donors (Lipinski definition) is 0. The van der Waals surface area contributed by atoms with Gasteiger partial charge in [-0.1, -0.05) is 0 Å². The van der Waals surface area contributed by atoms with Gasteiger partial charge < -0.3 is 0 Å². The lowest BCUT2D eigenvalue weighted by Crippen LogP contribution is -1.86. The molecule has 0 aromatic rings. The fourth-order valence-electron chi connectivity index (χ4n) is 0.455. The van der Waals surface area contributed by atoms with Crippen LogP contribution in [0, 0.1) is 0 Å². The molecule has 0 aliphatic rings. The molecule has 0 amide bonds. The second-order valence-corrected chi connectivity index (χ2v) is 2.34. The molecule has 9 heavy (non-hydrogen) atoms. The highest BCUT2D eigenvalue weighted by Crippen LogP contribution is 2.04. The molecule has 0 N–H and O–H groups in total. The van der Waals surface area contributed by atoms with Crippen molar-refractivity contribution in [3.63, 3.8) is 0 Å². The molecule has 0 saturated heterocycles. The van der Waals surface area contributed by atoms with Crippen LogP contribution in [-0.4, -0.2) is 17.7 Å². The molecule has 1 nitrogen and oxygen atoms in total. The normalized spacial score (nSPS) is 8.67. The third-order valence-corrected chi connectivity index (χ3v) is 1.31. The van der Waals surface area contributed by atoms with E-state index in [9.17, 15) is 4.79 Å². The molecule has 0 unspecified atom stereocenters. The van der Waals surface area contributed by atoms with Gasteiger partial charge in [-0.05, 0) is 12.8 Å². The molecule has 0 aromatic carbocycles. The van der Waals surface area contributed by atoms with Crippen LogP contribution in [0.1, 0.15) is 12.8 Å². The molecular weight excluding hydrogens is 159 g/mol. The third-order valence-electron chi connectivity index (χ3n) is 0.937. The fourth-order valence-corrected chi connectivity index (χ4v) is 0.911. The van der Waals surface area contributed by atoms with Crippen LogP contribution in [0.4, 0.5) is 0 Å². The molecule has 0 aliphatic heterocycles. The van der Waals surface area contributed by atoms with Gasteiger partial charge in [0.25, 0.3) is 0 Å². The number of hydrogen-bond acceptors (Lipinski definition) is 1. The van der Waals surface area contributed by atoms with Crippen molar-refractivity contribution in [1.29, 1.82) is 0 Å². The van der Waals surface area contributed by atoms with Gasteiger partial charge in [-0.3, -0.25) is 0 Å². The summed E-state index contributed by atoms with van der Waals surface area (Å²) in [6, 6.07) is 0. The maximum absolute atomic E-state index is 10.0. The Labute approximate surface area is 64.6 Å². The monoisotopic (exact) mass is 166 g/mol. The number of rotatable bonds is 4. The topological polar surface area (TPSA) is 17.1 Å². The predicted octanol–water partition coefficient (Wildman–Crippen LogP) is 2.00. The largest absolute Gasteiger partial charge is 0.234 e. The molecule has 0 rings (SSSR count). The summed E-state index contributed by atoms with van der Waals surface area (Å²) in [6.45, 7) is 0. The van der Waals surface area contributed by atoms with Crippen LogP contribution in [0.2, 0.25) is 0 Å². The lowest BCUT2D eigenvalue weighted by atomic mass is 10.2. The predicted molar refractivity (Wildman–Crippen MR) is 39.9 cm³/mol. The average Bonchev–Trinajstić information content (AvgIpc) is 1.88. The number of carbonyl (C=O) groups excluding carboxylic acids is 1. The van der Waals surface area contributed by atoms with E-state index in [-0.39, 0.29) is 0 Å². The number of alkyl halides is 2. The van der Waals surface area contributed by atoms with E-state index in [1.807, 2.05) is 0 Å². The van der Waals surface area contributed by atoms with Crippen LogP contribution in [0.15, 0.2) is 5.57 Å². The van der Waals surface area contributed by atoms with E-state index in [0.717, 1.165) is 0 Å². The molecular formula is C6H8Cl2O. The SMILES string of the molecule is O=C=C(CCCl)CCCl. The van der Waals surface area contributed by atoms with E-state index in [1.165, 1.54) is 0 Å². The molecule has 0 heterocycles. The van der Waals surface area contributed by atoms with Gasteiger partial charge in [0, 0.05) is 17.3 Å². The Morgan fingerprint density at radius 2 is 1.67 bits per heavy atom. The van der Waals surface area contributed by atoms with Gasteiger partial charge in [0.05, 0.1) is 0 Å². The van der Waals surface area contributed by atoms with Gasteiger partial charge in [0.15, 0.2) is 0 Å². The Morgan fingerprint density at radius 1 is 1.22 bits per heavy atom. The van der Waals surface area contributed by atoms with Crippen molar-refractivity contribution < 1.29 is 4.79 Å². The van der Waals surface area contributed by atoms with Crippen LogP contribution >= 0.6 is 23.2 Å². The Hall–Kier alpha value is 0.0300. The highest BCUT2D eigenvalue weighted by atomic mass is 35.5. The summed E-state index contributed by atoms with van der Waals surface area (Å²) in [6.07, 6.45) is 1.22. The fraction of sp³-hybridized carbons (Fsp3) is 0.667. The van der Waals surface area contributed by atoms with Crippen molar-refractivity contribution >= 4 is 29.1 Å². The lowest BCUT2D eigenvalue weighted by molar-refractivity contribution is 0.565. The van der Waals surface area contributed by atoms with E-state index in [2.05, 4.69) is 0 Å². The second kappa shape index (κ2) is 6.15. The summed E-state index contributed by atoms with van der Waals surface area (Å²) in [5.74, 6) is 2.75. The zero-order valence-electron chi connectivity index (χ0n) is 4.99. The maximum atomic E-state index is 10.0. The number of halogens is 2. The molecule has 0 fully saturated rings. The Morgan fingerprint density at radius 3 is 1.89 bits per heavy atom. The average molecular weight is 167 g/mol. The van der Waals surface area contributed by atoms with Crippen LogP contribution in [0.5, 0.6) is 0 Å². The van der Waals surface area contributed by atoms with Crippen molar-refractivity contribution in [2.24, 2.45) is 0 Å². The Balaban J connectivity index is 3.57. The first-order valence-electron chi connectivity index (χ1n) is 2.70. The standard InChI is InChI=1S/C6H8Cl2O/c7-3-1-6(5-9)2-4-8/h1-4H2. The van der Waals surface area contributed by atoms with Gasteiger partial charge >= 0.3 is 0 Å². The van der Waals surface area contributed by atoms with Crippen molar-refractivity contribution in [3.05, 3.63) is 5.57 Å². The van der Waals surface area contributed by atoms with Crippen LogP contribution in [-0.2, 0) is 4.79 Å². The molecule has 0 radical (unpaired) electrons. The zero-order chi connectivity index (χ0) is 7.11. The van der Waals surface area contributed by atoms with E-state index in [0.29, 0.717) is 30.2 Å². The van der Waals surface area contributed by atoms with Gasteiger partial charge in [0.1, 0.15) is 5.94 Å². The third kappa shape index (κ3) is 4.53. The van der Waals surface area contributed by atoms with Gasteiger partial charge in [0.2, 0.25) is 0 Å². The minimum atomic E-state index is 0.474. The highest BCUT2D eigenvalue weighted by molar-refractivity contribution is 6.18. The molecule has 52 valence electrons. The molecule has 3 heteroatoms.